The van der Waals surface area contributed by atoms with E-state index in [1.54, 1.807) is 0 Å². The molecule has 1 unspecified atom stereocenters. The van der Waals surface area contributed by atoms with Gasteiger partial charge in [0, 0.05) is 27.0 Å². The third-order valence-electron chi connectivity index (χ3n) is 3.68. The molecule has 0 saturated heterocycles. The van der Waals surface area contributed by atoms with Crippen molar-refractivity contribution in [1.29, 1.82) is 0 Å². The summed E-state index contributed by atoms with van der Waals surface area (Å²) in [6.07, 6.45) is 1.12. The highest BCUT2D eigenvalue weighted by atomic mass is 32.1. The van der Waals surface area contributed by atoms with Crippen LogP contribution in [0, 0.1) is 6.92 Å². The van der Waals surface area contributed by atoms with E-state index in [2.05, 4.69) is 60.9 Å². The molecule has 1 aromatic carbocycles. The molecule has 3 heteroatoms. The summed E-state index contributed by atoms with van der Waals surface area (Å²) in [4.78, 5) is 2.93. The van der Waals surface area contributed by atoms with Crippen LogP contribution in [0.25, 0.3) is 10.1 Å². The molecule has 0 bridgehead atoms. The Morgan fingerprint density at radius 3 is 2.75 bits per heavy atom. The molecular formula is C17H19NS2. The summed E-state index contributed by atoms with van der Waals surface area (Å²) in [6, 6.07) is 13.4. The highest BCUT2D eigenvalue weighted by Gasteiger charge is 2.13. The van der Waals surface area contributed by atoms with Gasteiger partial charge in [0.2, 0.25) is 0 Å². The van der Waals surface area contributed by atoms with Crippen LogP contribution in [0.15, 0.2) is 41.8 Å². The number of aryl methyl sites for hydroxylation is 1. The van der Waals surface area contributed by atoms with Gasteiger partial charge in [0.25, 0.3) is 0 Å². The lowest BCUT2D eigenvalue weighted by Crippen LogP contribution is -2.20. The van der Waals surface area contributed by atoms with Gasteiger partial charge < -0.3 is 5.32 Å². The first-order valence-electron chi connectivity index (χ1n) is 6.99. The third kappa shape index (κ3) is 2.80. The number of hydrogen-bond donors (Lipinski definition) is 1. The summed E-state index contributed by atoms with van der Waals surface area (Å²) in [5.41, 5.74) is 1.43. The maximum absolute atomic E-state index is 3.66. The van der Waals surface area contributed by atoms with Crippen molar-refractivity contribution in [3.63, 3.8) is 0 Å². The third-order valence-corrected chi connectivity index (χ3v) is 6.07. The Labute approximate surface area is 128 Å². The summed E-state index contributed by atoms with van der Waals surface area (Å²) in [6.45, 7) is 5.55. The molecule has 2 aromatic heterocycles. The topological polar surface area (TPSA) is 12.0 Å². The molecule has 0 spiro atoms. The summed E-state index contributed by atoms with van der Waals surface area (Å²) in [5.74, 6) is 0. The fourth-order valence-corrected chi connectivity index (χ4v) is 4.51. The van der Waals surface area contributed by atoms with Crippen LogP contribution in [0.2, 0.25) is 0 Å². The average Bonchev–Trinajstić information content (AvgIpc) is 3.08. The molecule has 1 atom stereocenters. The molecule has 20 heavy (non-hydrogen) atoms. The maximum atomic E-state index is 3.66. The van der Waals surface area contributed by atoms with Gasteiger partial charge in [-0.05, 0) is 48.7 Å². The number of benzene rings is 1. The summed E-state index contributed by atoms with van der Waals surface area (Å²) < 4.78 is 1.40. The van der Waals surface area contributed by atoms with Crippen LogP contribution in [-0.4, -0.2) is 6.54 Å². The quantitative estimate of drug-likeness (QED) is 0.686. The highest BCUT2D eigenvalue weighted by molar-refractivity contribution is 7.19. The Bertz CT molecular complexity index is 682. The first-order valence-corrected chi connectivity index (χ1v) is 8.69. The van der Waals surface area contributed by atoms with Gasteiger partial charge in [-0.2, -0.15) is 0 Å². The van der Waals surface area contributed by atoms with Gasteiger partial charge in [0.1, 0.15) is 0 Å². The zero-order valence-electron chi connectivity index (χ0n) is 11.8. The second-order valence-electron chi connectivity index (χ2n) is 5.09. The van der Waals surface area contributed by atoms with E-state index in [4.69, 9.17) is 0 Å². The van der Waals surface area contributed by atoms with Crippen LogP contribution >= 0.6 is 22.7 Å². The van der Waals surface area contributed by atoms with Crippen molar-refractivity contribution in [1.82, 2.24) is 5.32 Å². The van der Waals surface area contributed by atoms with E-state index in [0.717, 1.165) is 13.0 Å². The van der Waals surface area contributed by atoms with E-state index in [-0.39, 0.29) is 0 Å². The minimum Gasteiger partial charge on any atom is -0.309 e. The van der Waals surface area contributed by atoms with Gasteiger partial charge in [-0.1, -0.05) is 24.3 Å². The lowest BCUT2D eigenvalue weighted by molar-refractivity contribution is 0.585. The molecule has 3 rings (SSSR count). The summed E-state index contributed by atoms with van der Waals surface area (Å²) >= 11 is 3.76. The fourth-order valence-electron chi connectivity index (χ4n) is 2.57. The molecule has 104 valence electrons. The van der Waals surface area contributed by atoms with Crippen molar-refractivity contribution in [2.24, 2.45) is 0 Å². The zero-order valence-corrected chi connectivity index (χ0v) is 13.5. The van der Waals surface area contributed by atoms with Crippen LogP contribution in [0.4, 0.5) is 0 Å². The predicted octanol–water partition coefficient (Wildman–Crippen LogP) is 5.16. The first-order chi connectivity index (χ1) is 9.75. The first kappa shape index (κ1) is 13.8. The lowest BCUT2D eigenvalue weighted by Gasteiger charge is -2.13. The van der Waals surface area contributed by atoms with Crippen LogP contribution in [-0.2, 0) is 6.42 Å². The number of nitrogens with one attached hydrogen (secondary N) is 1. The standard InChI is InChI=1S/C17H19NS2/c1-12-15-7-3-4-8-16(15)20-17(12)13(2)18-10-9-14-6-5-11-19-14/h3-8,11,13,18H,9-10H2,1-2H3. The van der Waals surface area contributed by atoms with Crippen molar-refractivity contribution in [2.75, 3.05) is 6.54 Å². The van der Waals surface area contributed by atoms with Gasteiger partial charge in [-0.25, -0.2) is 0 Å². The molecule has 0 aliphatic heterocycles. The lowest BCUT2D eigenvalue weighted by atomic mass is 10.1. The van der Waals surface area contributed by atoms with Gasteiger partial charge in [0.15, 0.2) is 0 Å². The zero-order chi connectivity index (χ0) is 13.9. The maximum Gasteiger partial charge on any atom is 0.0389 e. The monoisotopic (exact) mass is 301 g/mol. The van der Waals surface area contributed by atoms with Gasteiger partial charge >= 0.3 is 0 Å². The van der Waals surface area contributed by atoms with E-state index in [9.17, 15) is 0 Å². The second-order valence-corrected chi connectivity index (χ2v) is 7.21. The number of fused-ring (bicyclic) bond motifs is 1. The molecule has 2 heterocycles. The SMILES string of the molecule is Cc1c(C(C)NCCc2cccs2)sc2ccccc12. The van der Waals surface area contributed by atoms with Crippen LogP contribution in [0.1, 0.15) is 28.3 Å². The Morgan fingerprint density at radius 2 is 2.00 bits per heavy atom. The summed E-state index contributed by atoms with van der Waals surface area (Å²) in [7, 11) is 0. The van der Waals surface area contributed by atoms with E-state index in [1.165, 1.54) is 25.4 Å². The van der Waals surface area contributed by atoms with Gasteiger partial charge in [-0.15, -0.1) is 22.7 Å². The van der Waals surface area contributed by atoms with E-state index in [1.807, 2.05) is 22.7 Å². The fraction of sp³-hybridized carbons (Fsp3) is 0.294. The molecular weight excluding hydrogens is 282 g/mol. The van der Waals surface area contributed by atoms with E-state index >= 15 is 0 Å². The van der Waals surface area contributed by atoms with Crippen molar-refractivity contribution < 1.29 is 0 Å². The molecule has 0 aliphatic carbocycles. The smallest absolute Gasteiger partial charge is 0.0389 e. The van der Waals surface area contributed by atoms with Crippen molar-refractivity contribution in [2.45, 2.75) is 26.3 Å². The molecule has 1 nitrogen and oxygen atoms in total. The molecule has 0 aliphatic rings. The average molecular weight is 301 g/mol. The largest absolute Gasteiger partial charge is 0.309 e. The van der Waals surface area contributed by atoms with Crippen LogP contribution in [0.3, 0.4) is 0 Å². The van der Waals surface area contributed by atoms with Gasteiger partial charge in [-0.3, -0.25) is 0 Å². The number of hydrogen-bond acceptors (Lipinski definition) is 3. The number of rotatable bonds is 5. The van der Waals surface area contributed by atoms with Crippen molar-refractivity contribution >= 4 is 32.8 Å². The normalized spacial score (nSPS) is 12.9. The second kappa shape index (κ2) is 6.08. The van der Waals surface area contributed by atoms with Crippen LogP contribution in [0.5, 0.6) is 0 Å². The highest BCUT2D eigenvalue weighted by Crippen LogP contribution is 2.34. The molecule has 0 saturated carbocycles. The van der Waals surface area contributed by atoms with Crippen LogP contribution < -0.4 is 5.32 Å². The van der Waals surface area contributed by atoms with Crippen molar-refractivity contribution in [3.8, 4) is 0 Å². The predicted molar refractivity (Wildman–Crippen MR) is 91.0 cm³/mol. The molecule has 0 fully saturated rings. The Hall–Kier alpha value is -1.16. The molecule has 3 aromatic rings. The van der Waals surface area contributed by atoms with E-state index < -0.39 is 0 Å². The number of thiophene rings is 2. The molecule has 0 radical (unpaired) electrons. The molecule has 1 N–H and O–H groups in total. The minimum atomic E-state index is 0.423. The minimum absolute atomic E-state index is 0.423. The summed E-state index contributed by atoms with van der Waals surface area (Å²) in [5, 5.41) is 7.21. The Balaban J connectivity index is 1.69. The van der Waals surface area contributed by atoms with E-state index in [0.29, 0.717) is 6.04 Å². The molecule has 0 amide bonds. The van der Waals surface area contributed by atoms with Gasteiger partial charge in [0.05, 0.1) is 0 Å². The Kier molecular flexibility index (Phi) is 4.20. The van der Waals surface area contributed by atoms with Crippen molar-refractivity contribution in [3.05, 3.63) is 57.1 Å². The Morgan fingerprint density at radius 1 is 1.15 bits per heavy atom.